The summed E-state index contributed by atoms with van der Waals surface area (Å²) in [6, 6.07) is 11.3. The van der Waals surface area contributed by atoms with Gasteiger partial charge in [-0.15, -0.1) is 0 Å². The maximum absolute atomic E-state index is 12.7. The summed E-state index contributed by atoms with van der Waals surface area (Å²) in [6.07, 6.45) is -0.260. The van der Waals surface area contributed by atoms with Crippen molar-refractivity contribution in [2.24, 2.45) is 0 Å². The standard InChI is InChI=1S/C22H21ClN4O5S/c1-3-32-21(31)14-6-10-16(11-7-14)24-18(28)12-17-20(30)26(2)22(33)27(17)25-19(29)13-4-8-15(23)9-5-13/h4-11,17H,3,12H2,1-2H3,(H,24,28)(H,25,29)/t17-/m1/s1. The van der Waals surface area contributed by atoms with Crippen molar-refractivity contribution >= 4 is 58.3 Å². The molecule has 3 amide bonds. The quantitative estimate of drug-likeness (QED) is 0.455. The number of hydrogen-bond donors (Lipinski definition) is 2. The first-order valence-corrected chi connectivity index (χ1v) is 10.7. The number of carbonyl (C=O) groups excluding carboxylic acids is 4. The zero-order valence-electron chi connectivity index (χ0n) is 17.8. The number of likely N-dealkylation sites (N-methyl/N-ethyl adjacent to an activating group) is 1. The molecule has 0 saturated carbocycles. The molecule has 0 aliphatic carbocycles. The van der Waals surface area contributed by atoms with Crippen LogP contribution in [-0.2, 0) is 14.3 Å². The van der Waals surface area contributed by atoms with Crippen molar-refractivity contribution in [1.29, 1.82) is 0 Å². The number of ether oxygens (including phenoxy) is 1. The van der Waals surface area contributed by atoms with Crippen molar-refractivity contribution in [3.63, 3.8) is 0 Å². The van der Waals surface area contributed by atoms with Crippen LogP contribution >= 0.6 is 23.8 Å². The van der Waals surface area contributed by atoms with Crippen LogP contribution in [0.1, 0.15) is 34.1 Å². The van der Waals surface area contributed by atoms with Crippen molar-refractivity contribution < 1.29 is 23.9 Å². The summed E-state index contributed by atoms with van der Waals surface area (Å²) in [5.74, 6) is -1.86. The van der Waals surface area contributed by atoms with Crippen LogP contribution in [0.25, 0.3) is 0 Å². The van der Waals surface area contributed by atoms with Crippen molar-refractivity contribution in [2.45, 2.75) is 19.4 Å². The van der Waals surface area contributed by atoms with E-state index in [0.29, 0.717) is 21.8 Å². The van der Waals surface area contributed by atoms with Crippen LogP contribution < -0.4 is 10.7 Å². The van der Waals surface area contributed by atoms with E-state index in [1.807, 2.05) is 0 Å². The Kier molecular flexibility index (Phi) is 7.62. The van der Waals surface area contributed by atoms with Gasteiger partial charge in [0, 0.05) is 23.3 Å². The van der Waals surface area contributed by atoms with E-state index < -0.39 is 29.7 Å². The Morgan fingerprint density at radius 3 is 2.27 bits per heavy atom. The smallest absolute Gasteiger partial charge is 0.338 e. The highest BCUT2D eigenvalue weighted by molar-refractivity contribution is 7.80. The number of amides is 3. The lowest BCUT2D eigenvalue weighted by Crippen LogP contribution is -2.49. The number of anilines is 1. The molecule has 0 spiro atoms. The van der Waals surface area contributed by atoms with Crippen LogP contribution in [0.4, 0.5) is 5.69 Å². The summed E-state index contributed by atoms with van der Waals surface area (Å²) < 4.78 is 4.92. The predicted molar refractivity (Wildman–Crippen MR) is 126 cm³/mol. The molecule has 1 heterocycles. The number of hydrazine groups is 1. The summed E-state index contributed by atoms with van der Waals surface area (Å²) in [5.41, 5.74) is 3.69. The van der Waals surface area contributed by atoms with Gasteiger partial charge in [0.2, 0.25) is 5.91 Å². The van der Waals surface area contributed by atoms with Crippen LogP contribution in [0, 0.1) is 0 Å². The third kappa shape index (κ3) is 5.65. The van der Waals surface area contributed by atoms with Gasteiger partial charge in [0.05, 0.1) is 18.6 Å². The molecule has 0 unspecified atom stereocenters. The van der Waals surface area contributed by atoms with Gasteiger partial charge in [-0.05, 0) is 67.7 Å². The SMILES string of the molecule is CCOC(=O)c1ccc(NC(=O)C[C@@H]2C(=O)N(C)C(=S)N2NC(=O)c2ccc(Cl)cc2)cc1. The molecule has 0 bridgehead atoms. The Labute approximate surface area is 200 Å². The molecule has 1 saturated heterocycles. The van der Waals surface area contributed by atoms with E-state index in [1.165, 1.54) is 41.2 Å². The van der Waals surface area contributed by atoms with Gasteiger partial charge in [0.25, 0.3) is 11.8 Å². The maximum Gasteiger partial charge on any atom is 0.338 e. The fourth-order valence-corrected chi connectivity index (χ4v) is 3.48. The molecule has 1 fully saturated rings. The number of carbonyl (C=O) groups is 4. The highest BCUT2D eigenvalue weighted by Crippen LogP contribution is 2.19. The Morgan fingerprint density at radius 1 is 1.06 bits per heavy atom. The molecule has 1 aliphatic heterocycles. The first kappa shape index (κ1) is 24.1. The third-order valence-corrected chi connectivity index (χ3v) is 5.53. The van der Waals surface area contributed by atoms with Crippen molar-refractivity contribution in [3.8, 4) is 0 Å². The molecule has 2 aromatic rings. The van der Waals surface area contributed by atoms with Crippen LogP contribution in [0.5, 0.6) is 0 Å². The Morgan fingerprint density at radius 2 is 1.67 bits per heavy atom. The van der Waals surface area contributed by atoms with Gasteiger partial charge in [-0.1, -0.05) is 11.6 Å². The van der Waals surface area contributed by atoms with Crippen LogP contribution in [0.15, 0.2) is 48.5 Å². The number of rotatable bonds is 7. The lowest BCUT2D eigenvalue weighted by molar-refractivity contribution is -0.130. The molecule has 9 nitrogen and oxygen atoms in total. The van der Waals surface area contributed by atoms with Gasteiger partial charge >= 0.3 is 5.97 Å². The number of esters is 1. The zero-order valence-corrected chi connectivity index (χ0v) is 19.4. The lowest BCUT2D eigenvalue weighted by Gasteiger charge is -2.24. The Hall–Kier alpha value is -3.50. The van der Waals surface area contributed by atoms with E-state index in [4.69, 9.17) is 28.6 Å². The second kappa shape index (κ2) is 10.4. The number of benzene rings is 2. The molecular formula is C22H21ClN4O5S. The van der Waals surface area contributed by atoms with E-state index in [2.05, 4.69) is 10.7 Å². The van der Waals surface area contributed by atoms with Crippen LogP contribution in [0.2, 0.25) is 5.02 Å². The summed E-state index contributed by atoms with van der Waals surface area (Å²) >= 11 is 11.1. The predicted octanol–water partition coefficient (Wildman–Crippen LogP) is 2.62. The minimum absolute atomic E-state index is 0.0684. The first-order chi connectivity index (χ1) is 15.7. The largest absolute Gasteiger partial charge is 0.462 e. The molecule has 33 heavy (non-hydrogen) atoms. The summed E-state index contributed by atoms with van der Waals surface area (Å²) in [6.45, 7) is 1.97. The third-order valence-electron chi connectivity index (χ3n) is 4.81. The second-order valence-corrected chi connectivity index (χ2v) is 7.87. The lowest BCUT2D eigenvalue weighted by atomic mass is 10.1. The molecule has 3 rings (SSSR count). The molecule has 2 aromatic carbocycles. The van der Waals surface area contributed by atoms with E-state index in [0.717, 1.165) is 0 Å². The summed E-state index contributed by atoms with van der Waals surface area (Å²) in [4.78, 5) is 50.8. The highest BCUT2D eigenvalue weighted by Gasteiger charge is 2.42. The van der Waals surface area contributed by atoms with Gasteiger partial charge in [0.1, 0.15) is 6.04 Å². The topological polar surface area (TPSA) is 108 Å². The van der Waals surface area contributed by atoms with Gasteiger partial charge < -0.3 is 10.1 Å². The van der Waals surface area contributed by atoms with Crippen molar-refractivity contribution in [2.75, 3.05) is 19.0 Å². The fourth-order valence-electron chi connectivity index (χ4n) is 3.09. The van der Waals surface area contributed by atoms with Gasteiger partial charge in [-0.2, -0.15) is 0 Å². The maximum atomic E-state index is 12.7. The summed E-state index contributed by atoms with van der Waals surface area (Å²) in [5, 5.41) is 4.42. The number of nitrogens with zero attached hydrogens (tertiary/aromatic N) is 2. The van der Waals surface area contributed by atoms with Gasteiger partial charge in [-0.25, -0.2) is 9.80 Å². The first-order valence-electron chi connectivity index (χ1n) is 9.95. The average Bonchev–Trinajstić information content (AvgIpc) is 2.98. The number of hydrogen-bond acceptors (Lipinski definition) is 6. The molecule has 11 heteroatoms. The monoisotopic (exact) mass is 488 g/mol. The molecule has 2 N–H and O–H groups in total. The molecule has 1 aliphatic rings. The molecule has 172 valence electrons. The average molecular weight is 489 g/mol. The second-order valence-electron chi connectivity index (χ2n) is 7.06. The van der Waals surface area contributed by atoms with E-state index in [1.54, 1.807) is 31.2 Å². The number of thiocarbonyl (C=S) groups is 1. The minimum Gasteiger partial charge on any atom is -0.462 e. The number of halogens is 1. The molecular weight excluding hydrogens is 468 g/mol. The molecule has 0 aromatic heterocycles. The van der Waals surface area contributed by atoms with E-state index >= 15 is 0 Å². The summed E-state index contributed by atoms with van der Waals surface area (Å²) in [7, 11) is 1.47. The van der Waals surface area contributed by atoms with Crippen LogP contribution in [0.3, 0.4) is 0 Å². The van der Waals surface area contributed by atoms with Crippen LogP contribution in [-0.4, -0.2) is 58.4 Å². The van der Waals surface area contributed by atoms with E-state index in [9.17, 15) is 19.2 Å². The van der Waals surface area contributed by atoms with Gasteiger partial charge in [0.15, 0.2) is 5.11 Å². The van der Waals surface area contributed by atoms with Gasteiger partial charge in [-0.3, -0.25) is 24.7 Å². The van der Waals surface area contributed by atoms with Crippen molar-refractivity contribution in [1.82, 2.24) is 15.3 Å². The molecule has 1 atom stereocenters. The molecule has 0 radical (unpaired) electrons. The minimum atomic E-state index is -1.02. The highest BCUT2D eigenvalue weighted by atomic mass is 35.5. The normalized spacial score (nSPS) is 15.4. The zero-order chi connectivity index (χ0) is 24.1. The Bertz CT molecular complexity index is 1090. The van der Waals surface area contributed by atoms with Crippen molar-refractivity contribution in [3.05, 3.63) is 64.7 Å². The Balaban J connectivity index is 1.67. The van der Waals surface area contributed by atoms with E-state index in [-0.39, 0.29) is 18.1 Å². The fraction of sp³-hybridized carbons (Fsp3) is 0.227. The number of nitrogens with one attached hydrogen (secondary N) is 2.